The Bertz CT molecular complexity index is 462. The van der Waals surface area contributed by atoms with Gasteiger partial charge in [-0.1, -0.05) is 25.5 Å². The summed E-state index contributed by atoms with van der Waals surface area (Å²) in [5.41, 5.74) is 2.32. The molecule has 0 amide bonds. The van der Waals surface area contributed by atoms with Crippen LogP contribution in [0.4, 0.5) is 11.4 Å². The third kappa shape index (κ3) is 2.89. The molecule has 0 saturated carbocycles. The van der Waals surface area contributed by atoms with Crippen molar-refractivity contribution in [2.75, 3.05) is 36.5 Å². The highest BCUT2D eigenvalue weighted by Gasteiger charge is 2.31. The average molecular weight is 276 g/mol. The average Bonchev–Trinajstić information content (AvgIpc) is 2.46. The Morgan fingerprint density at radius 3 is 2.60 bits per heavy atom. The van der Waals surface area contributed by atoms with E-state index in [4.69, 9.17) is 4.74 Å². The fraction of sp³-hybridized carbons (Fsp3) is 0.562. The fourth-order valence-corrected chi connectivity index (χ4v) is 2.77. The van der Waals surface area contributed by atoms with E-state index in [2.05, 4.69) is 35.9 Å². The Morgan fingerprint density at radius 1 is 1.25 bits per heavy atom. The number of benzene rings is 1. The molecular weight excluding hydrogens is 252 g/mol. The second kappa shape index (κ2) is 6.64. The topological polar surface area (TPSA) is 32.8 Å². The molecule has 0 aromatic heterocycles. The van der Waals surface area contributed by atoms with Crippen LogP contribution in [0.2, 0.25) is 0 Å². The summed E-state index contributed by atoms with van der Waals surface area (Å²) in [5.74, 6) is -0.103. The van der Waals surface area contributed by atoms with Crippen LogP contribution in [0.15, 0.2) is 24.3 Å². The molecule has 1 unspecified atom stereocenters. The van der Waals surface area contributed by atoms with Crippen molar-refractivity contribution in [2.24, 2.45) is 0 Å². The lowest BCUT2D eigenvalue weighted by atomic mass is 10.1. The van der Waals surface area contributed by atoms with Crippen LogP contribution in [0, 0.1) is 0 Å². The number of nitrogens with zero attached hydrogens (tertiary/aromatic N) is 2. The van der Waals surface area contributed by atoms with Gasteiger partial charge in [0.25, 0.3) is 0 Å². The first-order chi connectivity index (χ1) is 9.69. The monoisotopic (exact) mass is 276 g/mol. The van der Waals surface area contributed by atoms with Gasteiger partial charge in [0.15, 0.2) is 0 Å². The number of esters is 1. The van der Waals surface area contributed by atoms with Gasteiger partial charge in [0.2, 0.25) is 0 Å². The van der Waals surface area contributed by atoms with Gasteiger partial charge in [-0.25, -0.2) is 4.79 Å². The predicted molar refractivity (Wildman–Crippen MR) is 82.4 cm³/mol. The van der Waals surface area contributed by atoms with Crippen LogP contribution in [0.3, 0.4) is 0 Å². The first-order valence-electron chi connectivity index (χ1n) is 7.42. The summed E-state index contributed by atoms with van der Waals surface area (Å²) >= 11 is 0. The second-order valence-electron chi connectivity index (χ2n) is 5.16. The van der Waals surface area contributed by atoms with Gasteiger partial charge in [-0.05, 0) is 25.5 Å². The molecule has 0 fully saturated rings. The third-order valence-corrected chi connectivity index (χ3v) is 3.78. The number of para-hydroxylation sites is 2. The number of hydrogen-bond acceptors (Lipinski definition) is 4. The van der Waals surface area contributed by atoms with Gasteiger partial charge in [-0.3, -0.25) is 0 Å². The predicted octanol–water partition coefficient (Wildman–Crippen LogP) is 2.67. The van der Waals surface area contributed by atoms with Crippen molar-refractivity contribution in [3.63, 3.8) is 0 Å². The van der Waals surface area contributed by atoms with Gasteiger partial charge in [-0.2, -0.15) is 0 Å². The highest BCUT2D eigenvalue weighted by molar-refractivity contribution is 5.84. The molecule has 110 valence electrons. The molecule has 0 radical (unpaired) electrons. The number of carbonyl (C=O) groups excluding carboxylic acids is 1. The number of ether oxygens (including phenoxy) is 1. The number of likely N-dealkylation sites (N-methyl/N-ethyl adjacent to an activating group) is 1. The first-order valence-corrected chi connectivity index (χ1v) is 7.42. The van der Waals surface area contributed by atoms with Crippen LogP contribution >= 0.6 is 0 Å². The van der Waals surface area contributed by atoms with Crippen molar-refractivity contribution in [1.82, 2.24) is 0 Å². The van der Waals surface area contributed by atoms with Crippen molar-refractivity contribution in [3.05, 3.63) is 24.3 Å². The van der Waals surface area contributed by atoms with Crippen LogP contribution in [0.1, 0.15) is 26.7 Å². The van der Waals surface area contributed by atoms with E-state index in [9.17, 15) is 4.79 Å². The molecule has 0 bridgehead atoms. The molecular formula is C16H24N2O2. The highest BCUT2D eigenvalue weighted by Crippen LogP contribution is 2.34. The fourth-order valence-electron chi connectivity index (χ4n) is 2.77. The summed E-state index contributed by atoms with van der Waals surface area (Å²) in [6.45, 7) is 6.19. The SMILES string of the molecule is CCCC(C(=O)OCC)N1CCN(C)c2ccccc21. The van der Waals surface area contributed by atoms with Crippen LogP contribution in [0.5, 0.6) is 0 Å². The second-order valence-corrected chi connectivity index (χ2v) is 5.16. The molecule has 1 aliphatic heterocycles. The maximum absolute atomic E-state index is 12.2. The Hall–Kier alpha value is -1.71. The smallest absolute Gasteiger partial charge is 0.328 e. The largest absolute Gasteiger partial charge is 0.464 e. The summed E-state index contributed by atoms with van der Waals surface area (Å²) in [5, 5.41) is 0. The van der Waals surface area contributed by atoms with Crippen molar-refractivity contribution >= 4 is 17.3 Å². The van der Waals surface area contributed by atoms with E-state index in [0.29, 0.717) is 6.61 Å². The van der Waals surface area contributed by atoms with E-state index < -0.39 is 0 Å². The number of hydrogen-bond donors (Lipinski definition) is 0. The lowest BCUT2D eigenvalue weighted by molar-refractivity contribution is -0.145. The minimum absolute atomic E-state index is 0.103. The molecule has 1 heterocycles. The normalized spacial score (nSPS) is 15.8. The van der Waals surface area contributed by atoms with Gasteiger partial charge in [-0.15, -0.1) is 0 Å². The molecule has 1 aromatic carbocycles. The minimum atomic E-state index is -0.171. The Morgan fingerprint density at radius 2 is 1.95 bits per heavy atom. The van der Waals surface area contributed by atoms with E-state index >= 15 is 0 Å². The minimum Gasteiger partial charge on any atom is -0.464 e. The Labute approximate surface area is 121 Å². The summed E-state index contributed by atoms with van der Waals surface area (Å²) in [6.07, 6.45) is 1.80. The van der Waals surface area contributed by atoms with E-state index in [1.165, 1.54) is 5.69 Å². The van der Waals surface area contributed by atoms with Gasteiger partial charge >= 0.3 is 5.97 Å². The van der Waals surface area contributed by atoms with Gasteiger partial charge < -0.3 is 14.5 Å². The molecule has 1 aliphatic rings. The van der Waals surface area contributed by atoms with Crippen molar-refractivity contribution in [3.8, 4) is 0 Å². The summed E-state index contributed by atoms with van der Waals surface area (Å²) in [6, 6.07) is 8.09. The first kappa shape index (κ1) is 14.7. The summed E-state index contributed by atoms with van der Waals surface area (Å²) in [4.78, 5) is 16.7. The molecule has 4 nitrogen and oxygen atoms in total. The molecule has 0 N–H and O–H groups in total. The van der Waals surface area contributed by atoms with Crippen molar-refractivity contribution in [1.29, 1.82) is 0 Å². The molecule has 1 atom stereocenters. The highest BCUT2D eigenvalue weighted by atomic mass is 16.5. The zero-order chi connectivity index (χ0) is 14.5. The number of anilines is 2. The van der Waals surface area contributed by atoms with Gasteiger partial charge in [0.1, 0.15) is 6.04 Å². The summed E-state index contributed by atoms with van der Waals surface area (Å²) in [7, 11) is 2.09. The number of fused-ring (bicyclic) bond motifs is 1. The molecule has 0 spiro atoms. The number of rotatable bonds is 5. The quantitative estimate of drug-likeness (QED) is 0.774. The molecule has 0 aliphatic carbocycles. The van der Waals surface area contributed by atoms with E-state index in [1.807, 2.05) is 19.1 Å². The number of carbonyl (C=O) groups is 1. The van der Waals surface area contributed by atoms with Crippen LogP contribution < -0.4 is 9.80 Å². The zero-order valence-electron chi connectivity index (χ0n) is 12.6. The Kier molecular flexibility index (Phi) is 4.88. The van der Waals surface area contributed by atoms with Crippen molar-refractivity contribution < 1.29 is 9.53 Å². The van der Waals surface area contributed by atoms with Crippen LogP contribution in [0.25, 0.3) is 0 Å². The van der Waals surface area contributed by atoms with E-state index in [-0.39, 0.29) is 12.0 Å². The maximum Gasteiger partial charge on any atom is 0.328 e. The van der Waals surface area contributed by atoms with Crippen molar-refractivity contribution in [2.45, 2.75) is 32.7 Å². The Balaban J connectivity index is 2.30. The van der Waals surface area contributed by atoms with E-state index in [1.54, 1.807) is 0 Å². The van der Waals surface area contributed by atoms with Crippen LogP contribution in [-0.4, -0.2) is 38.8 Å². The lowest BCUT2D eigenvalue weighted by Crippen LogP contribution is -2.49. The van der Waals surface area contributed by atoms with Gasteiger partial charge in [0.05, 0.1) is 18.0 Å². The standard InChI is InChI=1S/C16H24N2O2/c1-4-8-15(16(19)20-5-2)18-12-11-17(3)13-9-6-7-10-14(13)18/h6-7,9-10,15H,4-5,8,11-12H2,1-3H3. The lowest BCUT2D eigenvalue weighted by Gasteiger charge is -2.40. The molecule has 0 saturated heterocycles. The molecule has 2 rings (SSSR count). The van der Waals surface area contributed by atoms with Crippen LogP contribution in [-0.2, 0) is 9.53 Å². The zero-order valence-corrected chi connectivity index (χ0v) is 12.6. The molecule has 4 heteroatoms. The maximum atomic E-state index is 12.2. The molecule has 1 aromatic rings. The van der Waals surface area contributed by atoms with E-state index in [0.717, 1.165) is 31.6 Å². The van der Waals surface area contributed by atoms with Gasteiger partial charge in [0, 0.05) is 20.1 Å². The molecule has 20 heavy (non-hydrogen) atoms. The summed E-state index contributed by atoms with van der Waals surface area (Å²) < 4.78 is 5.26. The third-order valence-electron chi connectivity index (χ3n) is 3.78.